The van der Waals surface area contributed by atoms with E-state index >= 15 is 0 Å². The molecule has 1 aromatic heterocycles. The second-order valence-electron chi connectivity index (χ2n) is 5.54. The summed E-state index contributed by atoms with van der Waals surface area (Å²) < 4.78 is 0.830. The van der Waals surface area contributed by atoms with Crippen molar-refractivity contribution in [3.63, 3.8) is 0 Å². The lowest BCUT2D eigenvalue weighted by molar-refractivity contribution is 0.175. The molecule has 5 heteroatoms. The second-order valence-corrected chi connectivity index (χ2v) is 5.54. The molecule has 0 bridgehead atoms. The average molecular weight is 294 g/mol. The highest BCUT2D eigenvalue weighted by molar-refractivity contribution is 5.13. The molecule has 0 fully saturated rings. The van der Waals surface area contributed by atoms with E-state index in [-0.39, 0.29) is 5.95 Å². The Morgan fingerprint density at radius 1 is 1.05 bits per heavy atom. The first-order valence-electron chi connectivity index (χ1n) is 8.29. The predicted molar refractivity (Wildman–Crippen MR) is 86.1 cm³/mol. The van der Waals surface area contributed by atoms with E-state index in [0.29, 0.717) is 5.49 Å². The van der Waals surface area contributed by atoms with Gasteiger partial charge in [0.1, 0.15) is 0 Å². The summed E-state index contributed by atoms with van der Waals surface area (Å²) in [5.41, 5.74) is 5.96. The molecule has 0 amide bonds. The van der Waals surface area contributed by atoms with Crippen LogP contribution in [0.15, 0.2) is 17.3 Å². The van der Waals surface area contributed by atoms with E-state index in [9.17, 15) is 5.21 Å². The fraction of sp³-hybridized carbons (Fsp3) is 0.750. The van der Waals surface area contributed by atoms with Crippen LogP contribution in [0.25, 0.3) is 0 Å². The van der Waals surface area contributed by atoms with Gasteiger partial charge in [0, 0.05) is 18.8 Å². The van der Waals surface area contributed by atoms with Crippen LogP contribution in [0.1, 0.15) is 71.1 Å². The molecule has 0 saturated carbocycles. The zero-order valence-electron chi connectivity index (χ0n) is 13.3. The fourth-order valence-electron chi connectivity index (χ4n) is 2.34. The Bertz CT molecular complexity index is 442. The lowest BCUT2D eigenvalue weighted by atomic mass is 10.1. The Morgan fingerprint density at radius 3 is 2.24 bits per heavy atom. The number of anilines is 1. The van der Waals surface area contributed by atoms with Gasteiger partial charge in [-0.15, -0.1) is 4.73 Å². The topological polar surface area (TPSA) is 76.4 Å². The molecule has 0 saturated heterocycles. The van der Waals surface area contributed by atoms with Crippen LogP contribution in [0, 0.1) is 0 Å². The average Bonchev–Trinajstić information content (AvgIpc) is 2.49. The van der Waals surface area contributed by atoms with Crippen LogP contribution < -0.4 is 11.2 Å². The first-order chi connectivity index (χ1) is 10.3. The van der Waals surface area contributed by atoms with Crippen molar-refractivity contribution in [2.45, 2.75) is 71.1 Å². The highest BCUT2D eigenvalue weighted by Gasteiger charge is 1.95. The van der Waals surface area contributed by atoms with E-state index in [0.717, 1.165) is 17.7 Å². The molecule has 0 radical (unpaired) electrons. The van der Waals surface area contributed by atoms with Crippen molar-refractivity contribution in [3.8, 4) is 0 Å². The zero-order chi connectivity index (χ0) is 15.3. The van der Waals surface area contributed by atoms with E-state index in [1.807, 2.05) is 0 Å². The highest BCUT2D eigenvalue weighted by Crippen LogP contribution is 2.10. The Balaban J connectivity index is 2.03. The molecule has 0 aromatic carbocycles. The minimum absolute atomic E-state index is 0.0688. The quantitative estimate of drug-likeness (QED) is 0.484. The van der Waals surface area contributed by atoms with Gasteiger partial charge in [-0.25, -0.2) is 4.98 Å². The molecule has 0 atom stereocenters. The Kier molecular flexibility index (Phi) is 9.33. The van der Waals surface area contributed by atoms with Crippen molar-refractivity contribution < 1.29 is 5.21 Å². The van der Waals surface area contributed by atoms with Crippen LogP contribution in [-0.2, 0) is 0 Å². The number of nitrogens with two attached hydrogens (primary N) is 1. The summed E-state index contributed by atoms with van der Waals surface area (Å²) in [5.74, 6) is 0.0688. The lowest BCUT2D eigenvalue weighted by Gasteiger charge is -2.02. The summed E-state index contributed by atoms with van der Waals surface area (Å²) in [5, 5.41) is 9.59. The number of rotatable bonds is 11. The van der Waals surface area contributed by atoms with Crippen LogP contribution >= 0.6 is 0 Å². The van der Waals surface area contributed by atoms with Gasteiger partial charge in [0.2, 0.25) is 5.95 Å². The van der Waals surface area contributed by atoms with E-state index < -0.39 is 0 Å². The van der Waals surface area contributed by atoms with Crippen molar-refractivity contribution in [2.75, 3.05) is 12.3 Å². The van der Waals surface area contributed by atoms with Crippen molar-refractivity contribution in [1.82, 2.24) is 9.71 Å². The molecule has 21 heavy (non-hydrogen) atoms. The largest absolute Gasteiger partial charge is 0.423 e. The smallest absolute Gasteiger partial charge is 0.236 e. The third-order valence-electron chi connectivity index (χ3n) is 3.65. The molecule has 0 aliphatic heterocycles. The van der Waals surface area contributed by atoms with Crippen molar-refractivity contribution in [2.24, 2.45) is 4.99 Å². The molecule has 3 N–H and O–H groups in total. The molecule has 5 nitrogen and oxygen atoms in total. The van der Waals surface area contributed by atoms with Gasteiger partial charge < -0.3 is 10.9 Å². The number of aromatic nitrogens is 2. The number of hydrogen-bond acceptors (Lipinski definition) is 4. The van der Waals surface area contributed by atoms with Gasteiger partial charge in [0.15, 0.2) is 5.49 Å². The summed E-state index contributed by atoms with van der Waals surface area (Å²) in [6.07, 6.45) is 14.6. The summed E-state index contributed by atoms with van der Waals surface area (Å²) in [7, 11) is 0. The minimum atomic E-state index is 0.0688. The third-order valence-corrected chi connectivity index (χ3v) is 3.65. The SMILES string of the molecule is CCCCCCCCCCCCN=c1ccnc(N)n1O. The van der Waals surface area contributed by atoms with Crippen LogP contribution in [0.5, 0.6) is 0 Å². The predicted octanol–water partition coefficient (Wildman–Crippen LogP) is 3.52. The molecule has 1 rings (SSSR count). The maximum absolute atomic E-state index is 9.59. The van der Waals surface area contributed by atoms with Crippen LogP contribution in [0.2, 0.25) is 0 Å². The molecular formula is C16H30N4O. The number of nitrogen functional groups attached to an aromatic ring is 1. The molecule has 0 spiro atoms. The molecule has 120 valence electrons. The van der Waals surface area contributed by atoms with Crippen molar-refractivity contribution in [3.05, 3.63) is 17.8 Å². The zero-order valence-corrected chi connectivity index (χ0v) is 13.3. The third kappa shape index (κ3) is 7.73. The highest BCUT2D eigenvalue weighted by atomic mass is 16.5. The van der Waals surface area contributed by atoms with Crippen LogP contribution in [0.4, 0.5) is 5.95 Å². The number of unbranched alkanes of at least 4 members (excludes halogenated alkanes) is 9. The number of nitrogens with zero attached hydrogens (tertiary/aromatic N) is 3. The molecule has 0 unspecified atom stereocenters. The molecule has 1 aromatic rings. The molecule has 0 aliphatic carbocycles. The first-order valence-corrected chi connectivity index (χ1v) is 8.29. The first kappa shape index (κ1) is 17.5. The summed E-state index contributed by atoms with van der Waals surface area (Å²) in [6.45, 7) is 2.98. The van der Waals surface area contributed by atoms with Crippen LogP contribution in [-0.4, -0.2) is 21.5 Å². The molecule has 1 heterocycles. The Labute approximate surface area is 127 Å². The monoisotopic (exact) mass is 294 g/mol. The summed E-state index contributed by atoms with van der Waals surface area (Å²) >= 11 is 0. The van der Waals surface area contributed by atoms with Gasteiger partial charge in [0.25, 0.3) is 0 Å². The molecule has 0 aliphatic rings. The number of hydrogen-bond donors (Lipinski definition) is 2. The van der Waals surface area contributed by atoms with E-state index in [1.165, 1.54) is 57.8 Å². The van der Waals surface area contributed by atoms with Gasteiger partial charge in [-0.05, 0) is 6.42 Å². The lowest BCUT2D eigenvalue weighted by Crippen LogP contribution is -2.22. The van der Waals surface area contributed by atoms with Gasteiger partial charge in [-0.2, -0.15) is 0 Å². The van der Waals surface area contributed by atoms with Gasteiger partial charge in [-0.1, -0.05) is 64.7 Å². The Hall–Kier alpha value is -1.52. The minimum Gasteiger partial charge on any atom is -0.423 e. The normalized spacial score (nSPS) is 12.0. The van der Waals surface area contributed by atoms with Crippen molar-refractivity contribution >= 4 is 5.95 Å². The van der Waals surface area contributed by atoms with E-state index in [1.54, 1.807) is 12.3 Å². The standard InChI is InChI=1S/C16H30N4O/c1-2-3-4-5-6-7-8-9-10-11-13-18-15-12-14-19-16(17)20(15)21/h12,14,21H,2-11,13H2,1H3,(H2,17,19). The van der Waals surface area contributed by atoms with Crippen molar-refractivity contribution in [1.29, 1.82) is 0 Å². The van der Waals surface area contributed by atoms with E-state index in [2.05, 4.69) is 16.9 Å². The van der Waals surface area contributed by atoms with Crippen LogP contribution in [0.3, 0.4) is 0 Å². The maximum Gasteiger partial charge on any atom is 0.236 e. The van der Waals surface area contributed by atoms with Gasteiger partial charge in [0.05, 0.1) is 0 Å². The maximum atomic E-state index is 9.59. The molecular weight excluding hydrogens is 264 g/mol. The van der Waals surface area contributed by atoms with E-state index in [4.69, 9.17) is 5.73 Å². The van der Waals surface area contributed by atoms with Gasteiger partial charge >= 0.3 is 0 Å². The summed E-state index contributed by atoms with van der Waals surface area (Å²) in [4.78, 5) is 8.10. The van der Waals surface area contributed by atoms with Gasteiger partial charge in [-0.3, -0.25) is 4.99 Å². The second kappa shape index (κ2) is 11.2. The fourth-order valence-corrected chi connectivity index (χ4v) is 2.34. The summed E-state index contributed by atoms with van der Waals surface area (Å²) in [6, 6.07) is 1.66. The Morgan fingerprint density at radius 2 is 1.62 bits per heavy atom.